The fraction of sp³-hybridized carbons (Fsp3) is 0.143. The monoisotopic (exact) mass is 395 g/mol. The Morgan fingerprint density at radius 2 is 1.75 bits per heavy atom. The summed E-state index contributed by atoms with van der Waals surface area (Å²) in [5.74, 6) is -0.408. The summed E-state index contributed by atoms with van der Waals surface area (Å²) < 4.78 is 51.6. The van der Waals surface area contributed by atoms with Crippen LogP contribution < -0.4 is 5.73 Å². The molecule has 0 saturated heterocycles. The van der Waals surface area contributed by atoms with Gasteiger partial charge in [-0.3, -0.25) is 0 Å². The zero-order valence-electron chi connectivity index (χ0n) is 10.1. The molecule has 0 heterocycles. The summed E-state index contributed by atoms with van der Waals surface area (Å²) in [5, 5.41) is 0. The van der Waals surface area contributed by atoms with Crippen molar-refractivity contribution in [3.05, 3.63) is 68.5 Å². The van der Waals surface area contributed by atoms with Gasteiger partial charge in [-0.1, -0.05) is 18.2 Å². The zero-order valence-corrected chi connectivity index (χ0v) is 12.2. The number of benzene rings is 2. The second kappa shape index (κ2) is 5.69. The Balaban J connectivity index is 2.41. The highest BCUT2D eigenvalue weighted by Gasteiger charge is 2.30. The molecule has 1 unspecified atom stereocenters. The summed E-state index contributed by atoms with van der Waals surface area (Å²) in [6.45, 7) is 0. The average Bonchev–Trinajstić information content (AvgIpc) is 2.37. The maximum atomic E-state index is 13.0. The van der Waals surface area contributed by atoms with Crippen LogP contribution in [0.5, 0.6) is 0 Å². The lowest BCUT2D eigenvalue weighted by atomic mass is 9.98. The van der Waals surface area contributed by atoms with Crippen LogP contribution in [0.1, 0.15) is 22.7 Å². The van der Waals surface area contributed by atoms with E-state index in [2.05, 4.69) is 0 Å². The SMILES string of the molecule is NC(c1cccc(C(F)(F)F)c1)c1ccc(F)cc1I. The second-order valence-corrected chi connectivity index (χ2v) is 5.43. The summed E-state index contributed by atoms with van der Waals surface area (Å²) in [4.78, 5) is 0. The van der Waals surface area contributed by atoms with E-state index in [0.717, 1.165) is 12.1 Å². The van der Waals surface area contributed by atoms with E-state index in [0.29, 0.717) is 14.7 Å². The maximum absolute atomic E-state index is 13.0. The van der Waals surface area contributed by atoms with Crippen LogP contribution in [0, 0.1) is 9.39 Å². The second-order valence-electron chi connectivity index (χ2n) is 4.27. The summed E-state index contributed by atoms with van der Waals surface area (Å²) in [7, 11) is 0. The van der Waals surface area contributed by atoms with Crippen molar-refractivity contribution in [3.63, 3.8) is 0 Å². The van der Waals surface area contributed by atoms with Crippen LogP contribution in [-0.4, -0.2) is 0 Å². The summed E-state index contributed by atoms with van der Waals surface area (Å²) in [6, 6.07) is 8.14. The van der Waals surface area contributed by atoms with Gasteiger partial charge in [-0.15, -0.1) is 0 Å². The zero-order chi connectivity index (χ0) is 14.9. The Bertz CT molecular complexity index is 625. The van der Waals surface area contributed by atoms with E-state index >= 15 is 0 Å². The van der Waals surface area contributed by atoms with Gasteiger partial charge in [0.25, 0.3) is 0 Å². The van der Waals surface area contributed by atoms with Gasteiger partial charge in [0.05, 0.1) is 11.6 Å². The van der Waals surface area contributed by atoms with E-state index in [1.807, 2.05) is 22.6 Å². The van der Waals surface area contributed by atoms with Crippen molar-refractivity contribution in [2.24, 2.45) is 5.73 Å². The maximum Gasteiger partial charge on any atom is 0.416 e. The van der Waals surface area contributed by atoms with E-state index in [-0.39, 0.29) is 0 Å². The number of alkyl halides is 3. The third-order valence-electron chi connectivity index (χ3n) is 2.87. The molecule has 20 heavy (non-hydrogen) atoms. The van der Waals surface area contributed by atoms with Gasteiger partial charge in [0.1, 0.15) is 5.82 Å². The third kappa shape index (κ3) is 3.29. The molecular weight excluding hydrogens is 385 g/mol. The highest BCUT2D eigenvalue weighted by atomic mass is 127. The van der Waals surface area contributed by atoms with Crippen molar-refractivity contribution in [2.45, 2.75) is 12.2 Å². The molecule has 0 aliphatic rings. The predicted octanol–water partition coefficient (Wildman–Crippen LogP) is 4.50. The molecule has 0 bridgehead atoms. The fourth-order valence-corrected chi connectivity index (χ4v) is 2.65. The standard InChI is InChI=1S/C14H10F4IN/c15-10-4-5-11(12(19)7-10)13(20)8-2-1-3-9(6-8)14(16,17)18/h1-7,13H,20H2. The van der Waals surface area contributed by atoms with E-state index in [1.54, 1.807) is 0 Å². The van der Waals surface area contributed by atoms with Crippen LogP contribution >= 0.6 is 22.6 Å². The minimum absolute atomic E-state index is 0.337. The van der Waals surface area contributed by atoms with Gasteiger partial charge in [0.15, 0.2) is 0 Å². The van der Waals surface area contributed by atoms with E-state index in [1.165, 1.54) is 30.3 Å². The molecule has 0 aromatic heterocycles. The van der Waals surface area contributed by atoms with Crippen LogP contribution in [0.2, 0.25) is 0 Å². The predicted molar refractivity (Wildman–Crippen MR) is 76.6 cm³/mol. The number of halogens is 5. The first kappa shape index (κ1) is 15.2. The molecular formula is C14H10F4IN. The van der Waals surface area contributed by atoms with E-state index < -0.39 is 23.6 Å². The van der Waals surface area contributed by atoms with Crippen LogP contribution in [0.4, 0.5) is 17.6 Å². The van der Waals surface area contributed by atoms with Gasteiger partial charge in [-0.2, -0.15) is 13.2 Å². The largest absolute Gasteiger partial charge is 0.416 e. The molecule has 2 aromatic carbocycles. The van der Waals surface area contributed by atoms with Crippen LogP contribution in [0.3, 0.4) is 0 Å². The van der Waals surface area contributed by atoms with E-state index in [4.69, 9.17) is 5.73 Å². The lowest BCUT2D eigenvalue weighted by Crippen LogP contribution is -2.15. The fourth-order valence-electron chi connectivity index (χ4n) is 1.84. The Morgan fingerprint density at radius 1 is 1.05 bits per heavy atom. The number of hydrogen-bond donors (Lipinski definition) is 1. The quantitative estimate of drug-likeness (QED) is 0.589. The number of nitrogens with two attached hydrogens (primary N) is 1. The first-order chi connectivity index (χ1) is 9.29. The molecule has 0 amide bonds. The molecule has 0 radical (unpaired) electrons. The third-order valence-corrected chi connectivity index (χ3v) is 3.80. The Morgan fingerprint density at radius 3 is 2.35 bits per heavy atom. The summed E-state index contributed by atoms with van der Waals surface area (Å²) in [6.07, 6.45) is -4.41. The van der Waals surface area contributed by atoms with Crippen LogP contribution in [0.25, 0.3) is 0 Å². The molecule has 0 spiro atoms. The van der Waals surface area contributed by atoms with Gasteiger partial charge < -0.3 is 5.73 Å². The Hall–Kier alpha value is -1.15. The molecule has 0 aliphatic carbocycles. The van der Waals surface area contributed by atoms with Crippen molar-refractivity contribution in [1.82, 2.24) is 0 Å². The van der Waals surface area contributed by atoms with E-state index in [9.17, 15) is 17.6 Å². The summed E-state index contributed by atoms with van der Waals surface area (Å²) >= 11 is 1.91. The molecule has 0 fully saturated rings. The number of rotatable bonds is 2. The molecule has 106 valence electrons. The molecule has 0 saturated carbocycles. The first-order valence-electron chi connectivity index (χ1n) is 5.66. The molecule has 0 aliphatic heterocycles. The Labute approximate surface area is 126 Å². The van der Waals surface area contributed by atoms with Gasteiger partial charge in [0, 0.05) is 3.57 Å². The topological polar surface area (TPSA) is 26.0 Å². The molecule has 2 N–H and O–H groups in total. The van der Waals surface area contributed by atoms with Crippen molar-refractivity contribution < 1.29 is 17.6 Å². The minimum atomic E-state index is -4.41. The summed E-state index contributed by atoms with van der Waals surface area (Å²) in [5.41, 5.74) is 6.16. The first-order valence-corrected chi connectivity index (χ1v) is 6.74. The molecule has 1 nitrogen and oxygen atoms in total. The highest BCUT2D eigenvalue weighted by Crippen LogP contribution is 2.32. The van der Waals surface area contributed by atoms with Gasteiger partial charge in [-0.25, -0.2) is 4.39 Å². The minimum Gasteiger partial charge on any atom is -0.320 e. The molecule has 1 atom stereocenters. The van der Waals surface area contributed by atoms with Crippen molar-refractivity contribution in [2.75, 3.05) is 0 Å². The van der Waals surface area contributed by atoms with Crippen molar-refractivity contribution in [1.29, 1.82) is 0 Å². The highest BCUT2D eigenvalue weighted by molar-refractivity contribution is 14.1. The lowest BCUT2D eigenvalue weighted by Gasteiger charge is -2.16. The van der Waals surface area contributed by atoms with Gasteiger partial charge in [-0.05, 0) is 58.0 Å². The van der Waals surface area contributed by atoms with Crippen LogP contribution in [0.15, 0.2) is 42.5 Å². The van der Waals surface area contributed by atoms with Gasteiger partial charge in [0.2, 0.25) is 0 Å². The van der Waals surface area contributed by atoms with Crippen molar-refractivity contribution in [3.8, 4) is 0 Å². The molecule has 2 rings (SSSR count). The molecule has 2 aromatic rings. The normalized spacial score (nSPS) is 13.3. The van der Waals surface area contributed by atoms with Crippen LogP contribution in [-0.2, 0) is 6.18 Å². The Kier molecular flexibility index (Phi) is 4.33. The molecule has 6 heteroatoms. The number of hydrogen-bond acceptors (Lipinski definition) is 1. The lowest BCUT2D eigenvalue weighted by molar-refractivity contribution is -0.137. The van der Waals surface area contributed by atoms with Gasteiger partial charge >= 0.3 is 6.18 Å². The van der Waals surface area contributed by atoms with Crippen molar-refractivity contribution >= 4 is 22.6 Å². The smallest absolute Gasteiger partial charge is 0.320 e. The average molecular weight is 395 g/mol.